The first-order valence-electron chi connectivity index (χ1n) is 14.5. The van der Waals surface area contributed by atoms with Crippen LogP contribution in [0.5, 0.6) is 0 Å². The number of hydrogen-bond acceptors (Lipinski definition) is 7. The number of carbonyl (C=O) groups is 2. The monoisotopic (exact) mass is 605 g/mol. The fraction of sp³-hybridized carbons (Fsp3) is 0.455. The van der Waals surface area contributed by atoms with Crippen molar-refractivity contribution in [3.05, 3.63) is 58.2 Å². The summed E-state index contributed by atoms with van der Waals surface area (Å²) in [5.74, 6) is -0.646. The van der Waals surface area contributed by atoms with E-state index in [1.807, 2.05) is 11.4 Å². The highest BCUT2D eigenvalue weighted by atomic mass is 32.1. The number of fused-ring (bicyclic) bond motifs is 1. The quantitative estimate of drug-likeness (QED) is 0.204. The molecule has 0 aliphatic carbocycles. The van der Waals surface area contributed by atoms with E-state index in [0.717, 1.165) is 46.6 Å². The minimum atomic E-state index is -0.934. The Balaban J connectivity index is 1.73. The van der Waals surface area contributed by atoms with Gasteiger partial charge in [-0.3, -0.25) is 9.78 Å². The van der Waals surface area contributed by atoms with E-state index < -0.39 is 23.6 Å². The van der Waals surface area contributed by atoms with Crippen molar-refractivity contribution in [1.82, 2.24) is 19.9 Å². The van der Waals surface area contributed by atoms with Gasteiger partial charge in [-0.2, -0.15) is 0 Å². The molecule has 0 bridgehead atoms. The molecule has 4 rings (SSSR count). The van der Waals surface area contributed by atoms with E-state index in [1.54, 1.807) is 34.1 Å². The van der Waals surface area contributed by atoms with E-state index in [0.29, 0.717) is 11.6 Å². The Morgan fingerprint density at radius 1 is 1.16 bits per heavy atom. The van der Waals surface area contributed by atoms with Gasteiger partial charge in [-0.1, -0.05) is 33.3 Å². The fourth-order valence-corrected chi connectivity index (χ4v) is 5.95. The lowest BCUT2D eigenvalue weighted by Crippen LogP contribution is -2.47. The molecule has 4 aromatic rings. The maximum Gasteiger partial charge on any atom is 0.408 e. The average molecular weight is 606 g/mol. The van der Waals surface area contributed by atoms with Gasteiger partial charge in [0.15, 0.2) is 0 Å². The molecule has 2 amide bonds. The molecule has 0 saturated heterocycles. The van der Waals surface area contributed by atoms with Gasteiger partial charge in [-0.05, 0) is 62.4 Å². The number of alkyl carbamates (subject to hydrolysis) is 1. The fourth-order valence-electron chi connectivity index (χ4n) is 5.10. The van der Waals surface area contributed by atoms with Crippen molar-refractivity contribution >= 4 is 34.2 Å². The van der Waals surface area contributed by atoms with Crippen LogP contribution < -0.4 is 11.1 Å². The van der Waals surface area contributed by atoms with Gasteiger partial charge in [0.05, 0.1) is 28.7 Å². The van der Waals surface area contributed by atoms with E-state index in [9.17, 15) is 9.59 Å². The number of amides is 2. The van der Waals surface area contributed by atoms with Gasteiger partial charge in [-0.15, -0.1) is 11.3 Å². The molecule has 3 N–H and O–H groups in total. The van der Waals surface area contributed by atoms with Crippen LogP contribution in [0.4, 0.5) is 4.79 Å². The normalized spacial score (nSPS) is 12.8. The summed E-state index contributed by atoms with van der Waals surface area (Å²) >= 11 is 1.43. The number of nitrogens with two attached hydrogens (primary N) is 1. The highest BCUT2D eigenvalue weighted by Crippen LogP contribution is 2.40. The van der Waals surface area contributed by atoms with Gasteiger partial charge < -0.3 is 25.1 Å². The first-order chi connectivity index (χ1) is 20.2. The molecular formula is C33H43N5O4S. The molecule has 0 aliphatic heterocycles. The van der Waals surface area contributed by atoms with E-state index in [2.05, 4.69) is 67.0 Å². The summed E-state index contributed by atoms with van der Waals surface area (Å²) in [6, 6.07) is 9.57. The molecule has 230 valence electrons. The molecule has 43 heavy (non-hydrogen) atoms. The molecule has 0 aliphatic rings. The number of aryl methyl sites for hydroxylation is 1. The molecule has 3 heterocycles. The van der Waals surface area contributed by atoms with Crippen LogP contribution in [-0.4, -0.2) is 45.3 Å². The second kappa shape index (κ2) is 12.9. The van der Waals surface area contributed by atoms with Crippen molar-refractivity contribution < 1.29 is 19.1 Å². The van der Waals surface area contributed by atoms with Crippen molar-refractivity contribution in [2.75, 3.05) is 7.11 Å². The molecule has 9 nitrogen and oxygen atoms in total. The van der Waals surface area contributed by atoms with E-state index in [-0.39, 0.29) is 11.8 Å². The second-order valence-electron chi connectivity index (χ2n) is 12.7. The minimum Gasteiger partial charge on any atom is -0.444 e. The third kappa shape index (κ3) is 7.61. The Hall–Kier alpha value is -3.76. The first-order valence-corrected chi connectivity index (χ1v) is 15.4. The molecule has 0 radical (unpaired) electrons. The molecule has 0 fully saturated rings. The Morgan fingerprint density at radius 3 is 2.56 bits per heavy atom. The topological polar surface area (TPSA) is 121 Å². The van der Waals surface area contributed by atoms with E-state index in [4.69, 9.17) is 20.2 Å². The van der Waals surface area contributed by atoms with E-state index >= 15 is 0 Å². The van der Waals surface area contributed by atoms with Crippen LogP contribution >= 0.6 is 11.3 Å². The van der Waals surface area contributed by atoms with Crippen molar-refractivity contribution in [2.45, 2.75) is 79.1 Å². The number of aromatic nitrogens is 3. The highest BCUT2D eigenvalue weighted by molar-refractivity contribution is 7.10. The SMILES string of the molecule is CCC(C)(C)Cc1c(-c2cccnc2COC)n(C)c2ccc(-c3csc(CC(NC(=O)OC(C)(C)C)C(N)=O)n3)cc12. The molecular weight excluding hydrogens is 562 g/mol. The zero-order valence-electron chi connectivity index (χ0n) is 26.4. The number of ether oxygens (including phenoxy) is 2. The summed E-state index contributed by atoms with van der Waals surface area (Å²) in [5.41, 5.74) is 12.3. The standard InChI is InChI=1S/C33H43N5O4S/c1-9-33(5,6)17-23-22-15-20(12-13-27(22)38(7)29(23)21-11-10-14-35-25(21)18-41-8)26-19-43-28(36-26)16-24(30(34)39)37-31(40)42-32(2,3)4/h10-15,19,24H,9,16-18H2,1-8H3,(H2,34,39)(H,37,40). The molecule has 1 unspecified atom stereocenters. The number of carbonyl (C=O) groups excluding carboxylic acids is 2. The molecule has 0 spiro atoms. The van der Waals surface area contributed by atoms with Crippen LogP contribution in [0.2, 0.25) is 0 Å². The predicted molar refractivity (Wildman–Crippen MR) is 172 cm³/mol. The summed E-state index contributed by atoms with van der Waals surface area (Å²) in [6.45, 7) is 12.5. The predicted octanol–water partition coefficient (Wildman–Crippen LogP) is 6.41. The first kappa shape index (κ1) is 32.2. The second-order valence-corrected chi connectivity index (χ2v) is 13.6. The average Bonchev–Trinajstić information content (AvgIpc) is 3.50. The van der Waals surface area contributed by atoms with Crippen LogP contribution in [0.25, 0.3) is 33.4 Å². The Morgan fingerprint density at radius 2 is 1.91 bits per heavy atom. The maximum atomic E-state index is 12.3. The van der Waals surface area contributed by atoms with Crippen molar-refractivity contribution in [3.63, 3.8) is 0 Å². The van der Waals surface area contributed by atoms with Crippen LogP contribution in [-0.2, 0) is 40.8 Å². The number of nitrogens with zero attached hydrogens (tertiary/aromatic N) is 3. The van der Waals surface area contributed by atoms with Crippen molar-refractivity contribution in [3.8, 4) is 22.5 Å². The largest absolute Gasteiger partial charge is 0.444 e. The summed E-state index contributed by atoms with van der Waals surface area (Å²) in [4.78, 5) is 33.9. The Kier molecular flexibility index (Phi) is 9.61. The zero-order valence-corrected chi connectivity index (χ0v) is 27.2. The van der Waals surface area contributed by atoms with Crippen LogP contribution in [0.1, 0.15) is 64.2 Å². The number of hydrogen-bond donors (Lipinski definition) is 2. The number of thiazole rings is 1. The zero-order chi connectivity index (χ0) is 31.5. The summed E-state index contributed by atoms with van der Waals surface area (Å²) in [5, 5.41) is 6.41. The van der Waals surface area contributed by atoms with Gasteiger partial charge in [-0.25, -0.2) is 9.78 Å². The van der Waals surface area contributed by atoms with Gasteiger partial charge in [0.25, 0.3) is 0 Å². The molecule has 1 atom stereocenters. The van der Waals surface area contributed by atoms with Crippen molar-refractivity contribution in [1.29, 1.82) is 0 Å². The summed E-state index contributed by atoms with van der Waals surface area (Å²) in [7, 11) is 3.79. The summed E-state index contributed by atoms with van der Waals surface area (Å²) in [6.07, 6.45) is 3.22. The Bertz CT molecular complexity index is 1620. The van der Waals surface area contributed by atoms with E-state index in [1.165, 1.54) is 22.3 Å². The number of primary amides is 1. The third-order valence-corrected chi connectivity index (χ3v) is 8.47. The van der Waals surface area contributed by atoms with Gasteiger partial charge in [0.2, 0.25) is 5.91 Å². The number of pyridine rings is 1. The molecule has 10 heteroatoms. The molecule has 3 aromatic heterocycles. The number of rotatable bonds is 11. The lowest BCUT2D eigenvalue weighted by molar-refractivity contribution is -0.120. The van der Waals surface area contributed by atoms with Crippen LogP contribution in [0.3, 0.4) is 0 Å². The van der Waals surface area contributed by atoms with Crippen molar-refractivity contribution in [2.24, 2.45) is 18.2 Å². The Labute approximate surface area is 257 Å². The third-order valence-electron chi connectivity index (χ3n) is 7.60. The lowest BCUT2D eigenvalue weighted by Gasteiger charge is -2.24. The number of nitrogens with one attached hydrogen (secondary N) is 1. The maximum absolute atomic E-state index is 12.3. The molecule has 0 saturated carbocycles. The number of benzene rings is 1. The van der Waals surface area contributed by atoms with Gasteiger partial charge in [0, 0.05) is 54.2 Å². The van der Waals surface area contributed by atoms with Crippen LogP contribution in [0, 0.1) is 5.41 Å². The summed E-state index contributed by atoms with van der Waals surface area (Å²) < 4.78 is 13.0. The smallest absolute Gasteiger partial charge is 0.408 e. The number of methoxy groups -OCH3 is 1. The van der Waals surface area contributed by atoms with Gasteiger partial charge in [0.1, 0.15) is 11.6 Å². The lowest BCUT2D eigenvalue weighted by atomic mass is 9.81. The van der Waals surface area contributed by atoms with Gasteiger partial charge >= 0.3 is 6.09 Å². The van der Waals surface area contributed by atoms with Crippen LogP contribution in [0.15, 0.2) is 41.9 Å². The molecule has 1 aromatic carbocycles. The highest BCUT2D eigenvalue weighted by Gasteiger charge is 2.27. The minimum absolute atomic E-state index is 0.0847.